The summed E-state index contributed by atoms with van der Waals surface area (Å²) in [6.45, 7) is -0.444. The third-order valence-electron chi connectivity index (χ3n) is 3.71. The number of carbonyl (C=O) groups is 2. The molecule has 2 aromatic carbocycles. The first-order valence-corrected chi connectivity index (χ1v) is 8.16. The molecule has 0 amide bonds. The van der Waals surface area contributed by atoms with E-state index in [0.717, 1.165) is 0 Å². The fraction of sp³-hybridized carbons (Fsp3) is 0.263. The van der Waals surface area contributed by atoms with Gasteiger partial charge in [-0.15, -0.1) is 0 Å². The molecule has 0 fully saturated rings. The van der Waals surface area contributed by atoms with Crippen LogP contribution in [0.2, 0.25) is 5.02 Å². The van der Waals surface area contributed by atoms with Gasteiger partial charge in [-0.3, -0.25) is 4.79 Å². The molecular formula is C19H19ClO7. The predicted molar refractivity (Wildman–Crippen MR) is 98.7 cm³/mol. The average Bonchev–Trinajstić information content (AvgIpc) is 2.70. The Bertz CT molecular complexity index is 848. The zero-order valence-electron chi connectivity index (χ0n) is 15.3. The van der Waals surface area contributed by atoms with Gasteiger partial charge in [0.05, 0.1) is 39.0 Å². The van der Waals surface area contributed by atoms with Crippen LogP contribution in [0.5, 0.6) is 23.0 Å². The summed E-state index contributed by atoms with van der Waals surface area (Å²) >= 11 is 6.07. The first-order chi connectivity index (χ1) is 12.9. The van der Waals surface area contributed by atoms with E-state index in [2.05, 4.69) is 0 Å². The number of halogens is 1. The van der Waals surface area contributed by atoms with Crippen LogP contribution in [0, 0.1) is 0 Å². The highest BCUT2D eigenvalue weighted by molar-refractivity contribution is 6.32. The van der Waals surface area contributed by atoms with Crippen LogP contribution in [0.1, 0.15) is 20.7 Å². The van der Waals surface area contributed by atoms with E-state index in [1.165, 1.54) is 46.6 Å². The molecule has 0 saturated heterocycles. The number of carbonyl (C=O) groups excluding carboxylic acids is 2. The van der Waals surface area contributed by atoms with Crippen LogP contribution in [0.25, 0.3) is 0 Å². The minimum Gasteiger partial charge on any atom is -0.493 e. The Morgan fingerprint density at radius 3 is 2.04 bits per heavy atom. The molecule has 8 heteroatoms. The molecule has 2 aromatic rings. The number of methoxy groups -OCH3 is 4. The number of hydrogen-bond acceptors (Lipinski definition) is 7. The molecule has 0 radical (unpaired) electrons. The molecule has 0 aromatic heterocycles. The van der Waals surface area contributed by atoms with Gasteiger partial charge in [-0.2, -0.15) is 0 Å². The highest BCUT2D eigenvalue weighted by atomic mass is 35.5. The summed E-state index contributed by atoms with van der Waals surface area (Å²) in [4.78, 5) is 24.5. The monoisotopic (exact) mass is 394 g/mol. The van der Waals surface area contributed by atoms with Crippen LogP contribution in [0.4, 0.5) is 0 Å². The Balaban J connectivity index is 2.11. The first kappa shape index (κ1) is 20.4. The van der Waals surface area contributed by atoms with Crippen molar-refractivity contribution in [1.29, 1.82) is 0 Å². The van der Waals surface area contributed by atoms with Crippen molar-refractivity contribution in [3.63, 3.8) is 0 Å². The molecule has 144 valence electrons. The fourth-order valence-electron chi connectivity index (χ4n) is 2.34. The number of rotatable bonds is 8. The molecule has 7 nitrogen and oxygen atoms in total. The summed E-state index contributed by atoms with van der Waals surface area (Å²) < 4.78 is 25.6. The van der Waals surface area contributed by atoms with Crippen molar-refractivity contribution in [2.45, 2.75) is 0 Å². The van der Waals surface area contributed by atoms with E-state index >= 15 is 0 Å². The van der Waals surface area contributed by atoms with Gasteiger partial charge in [0.1, 0.15) is 0 Å². The lowest BCUT2D eigenvalue weighted by atomic mass is 10.1. The van der Waals surface area contributed by atoms with E-state index in [9.17, 15) is 9.59 Å². The molecule has 0 aliphatic heterocycles. The van der Waals surface area contributed by atoms with Gasteiger partial charge in [0.15, 0.2) is 35.4 Å². The molecule has 0 aliphatic carbocycles. The number of hydrogen-bond donors (Lipinski definition) is 0. The molecular weight excluding hydrogens is 376 g/mol. The maximum absolute atomic E-state index is 12.3. The minimum absolute atomic E-state index is 0.137. The number of esters is 1. The molecule has 0 heterocycles. The Kier molecular flexibility index (Phi) is 6.90. The van der Waals surface area contributed by atoms with Gasteiger partial charge in [0, 0.05) is 5.56 Å². The zero-order valence-corrected chi connectivity index (χ0v) is 16.1. The smallest absolute Gasteiger partial charge is 0.338 e. The molecule has 27 heavy (non-hydrogen) atoms. The van der Waals surface area contributed by atoms with Crippen LogP contribution in [0.3, 0.4) is 0 Å². The van der Waals surface area contributed by atoms with Crippen molar-refractivity contribution in [3.05, 3.63) is 46.5 Å². The van der Waals surface area contributed by atoms with Gasteiger partial charge in [0.2, 0.25) is 0 Å². The van der Waals surface area contributed by atoms with Crippen molar-refractivity contribution >= 4 is 23.4 Å². The van der Waals surface area contributed by atoms with Gasteiger partial charge < -0.3 is 23.7 Å². The van der Waals surface area contributed by atoms with Crippen molar-refractivity contribution in [1.82, 2.24) is 0 Å². The van der Waals surface area contributed by atoms with Gasteiger partial charge in [-0.05, 0) is 30.3 Å². The normalized spacial score (nSPS) is 10.1. The van der Waals surface area contributed by atoms with Crippen LogP contribution >= 0.6 is 11.6 Å². The lowest BCUT2D eigenvalue weighted by Gasteiger charge is -2.12. The average molecular weight is 395 g/mol. The van der Waals surface area contributed by atoms with Crippen molar-refractivity contribution < 1.29 is 33.3 Å². The lowest BCUT2D eigenvalue weighted by molar-refractivity contribution is 0.0474. The lowest BCUT2D eigenvalue weighted by Crippen LogP contribution is -2.14. The molecule has 0 atom stereocenters. The summed E-state index contributed by atoms with van der Waals surface area (Å²) in [5.74, 6) is 0.371. The molecule has 0 bridgehead atoms. The molecule has 0 spiro atoms. The maximum Gasteiger partial charge on any atom is 0.338 e. The van der Waals surface area contributed by atoms with E-state index in [1.807, 2.05) is 0 Å². The quantitative estimate of drug-likeness (QED) is 0.501. The summed E-state index contributed by atoms with van der Waals surface area (Å²) in [6, 6.07) is 7.48. The number of Topliss-reactive ketones (excluding diaryl/α,β-unsaturated/α-hetero) is 1. The second-order valence-corrected chi connectivity index (χ2v) is 5.67. The van der Waals surface area contributed by atoms with Crippen LogP contribution in [-0.4, -0.2) is 46.8 Å². The molecule has 2 rings (SSSR count). The maximum atomic E-state index is 12.3. The SMILES string of the molecule is COc1ccc(C(=O)COC(=O)c2cc(Cl)c(OC)c(OC)c2)cc1OC. The zero-order chi connectivity index (χ0) is 20.0. The van der Waals surface area contributed by atoms with Crippen molar-refractivity contribution in [3.8, 4) is 23.0 Å². The van der Waals surface area contributed by atoms with Crippen LogP contribution < -0.4 is 18.9 Å². The van der Waals surface area contributed by atoms with E-state index in [-0.39, 0.29) is 16.3 Å². The molecule has 0 N–H and O–H groups in total. The van der Waals surface area contributed by atoms with E-state index in [0.29, 0.717) is 22.8 Å². The first-order valence-electron chi connectivity index (χ1n) is 7.79. The summed E-state index contributed by atoms with van der Waals surface area (Å²) in [6.07, 6.45) is 0. The summed E-state index contributed by atoms with van der Waals surface area (Å²) in [7, 11) is 5.82. The fourth-order valence-corrected chi connectivity index (χ4v) is 2.63. The largest absolute Gasteiger partial charge is 0.493 e. The predicted octanol–water partition coefficient (Wildman–Crippen LogP) is 3.41. The number of ether oxygens (including phenoxy) is 5. The minimum atomic E-state index is -0.716. The summed E-state index contributed by atoms with van der Waals surface area (Å²) in [5, 5.41) is 0.190. The van der Waals surface area contributed by atoms with Crippen molar-refractivity contribution in [2.75, 3.05) is 35.0 Å². The van der Waals surface area contributed by atoms with Crippen LogP contribution in [0.15, 0.2) is 30.3 Å². The molecule has 0 saturated carbocycles. The van der Waals surface area contributed by atoms with Gasteiger partial charge in [-0.25, -0.2) is 4.79 Å². The van der Waals surface area contributed by atoms with Gasteiger partial charge in [-0.1, -0.05) is 11.6 Å². The van der Waals surface area contributed by atoms with Gasteiger partial charge in [0.25, 0.3) is 0 Å². The highest BCUT2D eigenvalue weighted by Gasteiger charge is 2.18. The van der Waals surface area contributed by atoms with Gasteiger partial charge >= 0.3 is 5.97 Å². The second kappa shape index (κ2) is 9.14. The Labute approximate surface area is 161 Å². The Morgan fingerprint density at radius 2 is 1.44 bits per heavy atom. The highest BCUT2D eigenvalue weighted by Crippen LogP contribution is 2.36. The third-order valence-corrected chi connectivity index (χ3v) is 3.99. The standard InChI is InChI=1S/C19H19ClO7/c1-23-15-6-5-11(8-16(15)24-2)14(21)10-27-19(22)12-7-13(20)18(26-4)17(9-12)25-3/h5-9H,10H2,1-4H3. The summed E-state index contributed by atoms with van der Waals surface area (Å²) in [5.41, 5.74) is 0.462. The molecule has 0 unspecified atom stereocenters. The number of benzene rings is 2. The second-order valence-electron chi connectivity index (χ2n) is 5.26. The Morgan fingerprint density at radius 1 is 0.815 bits per heavy atom. The van der Waals surface area contributed by atoms with E-state index in [1.54, 1.807) is 12.1 Å². The Hall–Kier alpha value is -2.93. The van der Waals surface area contributed by atoms with E-state index < -0.39 is 18.4 Å². The third kappa shape index (κ3) is 4.62. The number of ketones is 1. The van der Waals surface area contributed by atoms with Crippen molar-refractivity contribution in [2.24, 2.45) is 0 Å². The van der Waals surface area contributed by atoms with Crippen LogP contribution in [-0.2, 0) is 4.74 Å². The van der Waals surface area contributed by atoms with E-state index in [4.69, 9.17) is 35.3 Å². The molecule has 0 aliphatic rings. The topological polar surface area (TPSA) is 80.3 Å².